The molecule has 0 aliphatic carbocycles. The minimum Gasteiger partial charge on any atom is -0.497 e. The molecule has 1 heterocycles. The van der Waals surface area contributed by atoms with Crippen LogP contribution in [0.2, 0.25) is 0 Å². The van der Waals surface area contributed by atoms with Gasteiger partial charge in [-0.15, -0.1) is 0 Å². The summed E-state index contributed by atoms with van der Waals surface area (Å²) >= 11 is 0. The van der Waals surface area contributed by atoms with Crippen LogP contribution in [0.3, 0.4) is 0 Å². The zero-order valence-electron chi connectivity index (χ0n) is 13.4. The first-order chi connectivity index (χ1) is 11.1. The van der Waals surface area contributed by atoms with Gasteiger partial charge < -0.3 is 25.2 Å². The van der Waals surface area contributed by atoms with E-state index in [0.29, 0.717) is 23.0 Å². The van der Waals surface area contributed by atoms with E-state index >= 15 is 0 Å². The highest BCUT2D eigenvalue weighted by atomic mass is 16.5. The Hall–Kier alpha value is -3.13. The third-order valence-corrected chi connectivity index (χ3v) is 3.19. The molecule has 0 amide bonds. The fourth-order valence-corrected chi connectivity index (χ4v) is 2.15. The van der Waals surface area contributed by atoms with Crippen LogP contribution in [0.25, 0.3) is 0 Å². The Morgan fingerprint density at radius 1 is 1.22 bits per heavy atom. The maximum Gasteiger partial charge on any atom is 0.123 e. The predicted molar refractivity (Wildman–Crippen MR) is 92.6 cm³/mol. The molecule has 1 aromatic carbocycles. The van der Waals surface area contributed by atoms with E-state index in [0.717, 1.165) is 16.7 Å². The lowest BCUT2D eigenvalue weighted by Gasteiger charge is -2.04. The lowest BCUT2D eigenvalue weighted by molar-refractivity contribution is 0.394. The van der Waals surface area contributed by atoms with Gasteiger partial charge in [0.05, 0.1) is 25.3 Å². The second-order valence-corrected chi connectivity index (χ2v) is 4.78. The molecule has 0 saturated carbocycles. The van der Waals surface area contributed by atoms with E-state index < -0.39 is 0 Å². The van der Waals surface area contributed by atoms with Crippen molar-refractivity contribution in [1.82, 2.24) is 4.98 Å². The summed E-state index contributed by atoms with van der Waals surface area (Å²) in [5.41, 5.74) is 2.66. The highest BCUT2D eigenvalue weighted by Crippen LogP contribution is 2.23. The number of aromatic nitrogens is 1. The minimum atomic E-state index is 0.420. The van der Waals surface area contributed by atoms with E-state index in [9.17, 15) is 0 Å². The SMILES string of the molecule is C=CNc1[nH]cc(C#Cc2cc(OC)cc(OC)c2)c1C(C)=N. The van der Waals surface area contributed by atoms with Crippen molar-refractivity contribution in [2.75, 3.05) is 19.5 Å². The van der Waals surface area contributed by atoms with Crippen LogP contribution in [-0.2, 0) is 0 Å². The van der Waals surface area contributed by atoms with Gasteiger partial charge in [0.2, 0.25) is 0 Å². The van der Waals surface area contributed by atoms with Crippen molar-refractivity contribution in [2.45, 2.75) is 6.92 Å². The molecule has 118 valence electrons. The summed E-state index contributed by atoms with van der Waals surface area (Å²) in [5, 5.41) is 10.9. The summed E-state index contributed by atoms with van der Waals surface area (Å²) in [6.07, 6.45) is 3.33. The zero-order chi connectivity index (χ0) is 16.8. The lowest BCUT2D eigenvalue weighted by Crippen LogP contribution is -1.99. The maximum absolute atomic E-state index is 7.92. The highest BCUT2D eigenvalue weighted by Gasteiger charge is 2.10. The van der Waals surface area contributed by atoms with Crippen molar-refractivity contribution in [2.24, 2.45) is 0 Å². The molecule has 5 heteroatoms. The number of H-pyrrole nitrogens is 1. The average molecular weight is 309 g/mol. The van der Waals surface area contributed by atoms with Crippen LogP contribution in [0.5, 0.6) is 11.5 Å². The number of anilines is 1. The fourth-order valence-electron chi connectivity index (χ4n) is 2.15. The Morgan fingerprint density at radius 3 is 2.39 bits per heavy atom. The van der Waals surface area contributed by atoms with E-state index in [1.165, 1.54) is 0 Å². The molecule has 0 aliphatic heterocycles. The van der Waals surface area contributed by atoms with Crippen LogP contribution in [0.15, 0.2) is 37.2 Å². The van der Waals surface area contributed by atoms with Crippen molar-refractivity contribution in [3.63, 3.8) is 0 Å². The second-order valence-electron chi connectivity index (χ2n) is 4.78. The maximum atomic E-state index is 7.92. The highest BCUT2D eigenvalue weighted by molar-refractivity contribution is 6.03. The fraction of sp³-hybridized carbons (Fsp3) is 0.167. The van der Waals surface area contributed by atoms with Crippen LogP contribution in [0, 0.1) is 17.3 Å². The van der Waals surface area contributed by atoms with Gasteiger partial charge in [0.25, 0.3) is 0 Å². The van der Waals surface area contributed by atoms with Crippen molar-refractivity contribution in [1.29, 1.82) is 5.41 Å². The summed E-state index contributed by atoms with van der Waals surface area (Å²) in [6, 6.07) is 5.46. The van der Waals surface area contributed by atoms with Crippen molar-refractivity contribution in [3.8, 4) is 23.3 Å². The Bertz CT molecular complexity index is 772. The first-order valence-corrected chi connectivity index (χ1v) is 6.98. The Balaban J connectivity index is 2.43. The van der Waals surface area contributed by atoms with Crippen molar-refractivity contribution >= 4 is 11.5 Å². The van der Waals surface area contributed by atoms with Crippen LogP contribution >= 0.6 is 0 Å². The number of ether oxygens (including phenoxy) is 2. The summed E-state index contributed by atoms with van der Waals surface area (Å²) in [4.78, 5) is 3.06. The molecule has 0 aliphatic rings. The number of benzene rings is 1. The van der Waals surface area contributed by atoms with E-state index in [1.807, 2.05) is 12.1 Å². The predicted octanol–water partition coefficient (Wildman–Crippen LogP) is 3.37. The average Bonchev–Trinajstić information content (AvgIpc) is 2.95. The molecule has 1 aromatic heterocycles. The molecule has 0 fully saturated rings. The molecule has 2 aromatic rings. The molecule has 5 nitrogen and oxygen atoms in total. The monoisotopic (exact) mass is 309 g/mol. The summed E-state index contributed by atoms with van der Waals surface area (Å²) < 4.78 is 10.5. The van der Waals surface area contributed by atoms with Crippen LogP contribution in [-0.4, -0.2) is 24.9 Å². The third-order valence-electron chi connectivity index (χ3n) is 3.19. The molecule has 23 heavy (non-hydrogen) atoms. The minimum absolute atomic E-state index is 0.420. The molecule has 0 spiro atoms. The van der Waals surface area contributed by atoms with Crippen molar-refractivity contribution < 1.29 is 9.47 Å². The van der Waals surface area contributed by atoms with E-state index in [4.69, 9.17) is 14.9 Å². The standard InChI is InChI=1S/C18H19N3O2/c1-5-20-18-17(12(2)19)14(11-21-18)7-6-13-8-15(22-3)10-16(9-13)23-4/h5,8-11,19-21H,1H2,2-4H3. The molecule has 0 saturated heterocycles. The van der Waals surface area contributed by atoms with Crippen LogP contribution < -0.4 is 14.8 Å². The molecule has 0 bridgehead atoms. The van der Waals surface area contributed by atoms with E-state index in [-0.39, 0.29) is 0 Å². The second kappa shape index (κ2) is 7.23. The van der Waals surface area contributed by atoms with Gasteiger partial charge in [-0.05, 0) is 25.3 Å². The van der Waals surface area contributed by atoms with Gasteiger partial charge in [0, 0.05) is 23.5 Å². The lowest BCUT2D eigenvalue weighted by atomic mass is 10.1. The van der Waals surface area contributed by atoms with Gasteiger partial charge in [-0.2, -0.15) is 0 Å². The molecule has 3 N–H and O–H groups in total. The number of methoxy groups -OCH3 is 2. The van der Waals surface area contributed by atoms with Crippen LogP contribution in [0.1, 0.15) is 23.6 Å². The largest absolute Gasteiger partial charge is 0.497 e. The van der Waals surface area contributed by atoms with E-state index in [2.05, 4.69) is 28.7 Å². The zero-order valence-corrected chi connectivity index (χ0v) is 13.4. The molecular formula is C18H19N3O2. The first kappa shape index (κ1) is 16.2. The molecule has 2 rings (SSSR count). The first-order valence-electron chi connectivity index (χ1n) is 6.98. The number of hydrogen-bond donors (Lipinski definition) is 3. The van der Waals surface area contributed by atoms with Crippen LogP contribution in [0.4, 0.5) is 5.82 Å². The number of aromatic amines is 1. The third kappa shape index (κ3) is 3.74. The number of nitrogens with one attached hydrogen (secondary N) is 3. The smallest absolute Gasteiger partial charge is 0.123 e. The quantitative estimate of drug-likeness (QED) is 0.586. The van der Waals surface area contributed by atoms with Gasteiger partial charge in [-0.25, -0.2) is 0 Å². The molecule has 0 atom stereocenters. The normalized spacial score (nSPS) is 9.52. The van der Waals surface area contributed by atoms with Gasteiger partial charge in [0.1, 0.15) is 17.3 Å². The number of rotatable bonds is 5. The Labute approximate surface area is 135 Å². The molecule has 0 radical (unpaired) electrons. The summed E-state index contributed by atoms with van der Waals surface area (Å²) in [7, 11) is 3.20. The van der Waals surface area contributed by atoms with E-state index in [1.54, 1.807) is 39.6 Å². The summed E-state index contributed by atoms with van der Waals surface area (Å²) in [6.45, 7) is 5.35. The van der Waals surface area contributed by atoms with Gasteiger partial charge in [0.15, 0.2) is 0 Å². The van der Waals surface area contributed by atoms with Gasteiger partial charge in [-0.3, -0.25) is 0 Å². The molecule has 0 unspecified atom stereocenters. The van der Waals surface area contributed by atoms with Gasteiger partial charge in [-0.1, -0.05) is 18.4 Å². The topological polar surface area (TPSA) is 70.1 Å². The Kier molecular flexibility index (Phi) is 5.11. The number of hydrogen-bond acceptors (Lipinski definition) is 4. The summed E-state index contributed by atoms with van der Waals surface area (Å²) in [5.74, 6) is 8.24. The molecular weight excluding hydrogens is 290 g/mol. The van der Waals surface area contributed by atoms with Gasteiger partial charge >= 0.3 is 0 Å². The van der Waals surface area contributed by atoms with Crippen molar-refractivity contribution in [3.05, 3.63) is 53.9 Å². The Morgan fingerprint density at radius 2 is 1.87 bits per heavy atom.